The largest absolute Gasteiger partial charge is 0.393 e. The zero-order valence-corrected chi connectivity index (χ0v) is 28.3. The van der Waals surface area contributed by atoms with Crippen molar-refractivity contribution in [3.8, 4) is 0 Å². The molecule has 2 aliphatic carbocycles. The first-order valence-corrected chi connectivity index (χ1v) is 15.6. The van der Waals surface area contributed by atoms with Crippen LogP contribution in [0.25, 0.3) is 0 Å². The standard InChI is InChI=1S/C40H56O3/c1-28(17-13-19-30(3)21-23-35-32(5)25-34(41)26-39(35,7)8)15-11-12-16-29(2)18-14-20-31(4)22-24-36-33(6)38(43)37(42)27-40(36,9)10/h11-24,34,37-38,41-43H,25-27H2,1-10H3/b12-11+,17-13+,18-14+,23-21+,24-22+,28-15+,29-16+,30-19+,31-20+. The highest BCUT2D eigenvalue weighted by Crippen LogP contribution is 2.42. The van der Waals surface area contributed by atoms with E-state index in [2.05, 4.69) is 147 Å². The summed E-state index contributed by atoms with van der Waals surface area (Å²) in [6.07, 6.45) is 29.8. The van der Waals surface area contributed by atoms with E-state index in [9.17, 15) is 15.3 Å². The number of hydrogen-bond acceptors (Lipinski definition) is 3. The smallest absolute Gasteiger partial charge is 0.101 e. The van der Waals surface area contributed by atoms with E-state index in [0.29, 0.717) is 6.42 Å². The van der Waals surface area contributed by atoms with Gasteiger partial charge < -0.3 is 15.3 Å². The van der Waals surface area contributed by atoms with Gasteiger partial charge in [-0.2, -0.15) is 0 Å². The van der Waals surface area contributed by atoms with Gasteiger partial charge in [0.1, 0.15) is 6.10 Å². The molecule has 0 fully saturated rings. The molecule has 234 valence electrons. The van der Waals surface area contributed by atoms with Crippen molar-refractivity contribution in [2.24, 2.45) is 10.8 Å². The Bertz CT molecular complexity index is 1330. The van der Waals surface area contributed by atoms with E-state index in [-0.39, 0.29) is 16.9 Å². The topological polar surface area (TPSA) is 60.7 Å². The highest BCUT2D eigenvalue weighted by Gasteiger charge is 2.36. The van der Waals surface area contributed by atoms with E-state index < -0.39 is 12.2 Å². The van der Waals surface area contributed by atoms with Crippen molar-refractivity contribution < 1.29 is 15.3 Å². The number of aliphatic hydroxyl groups is 3. The van der Waals surface area contributed by atoms with Crippen LogP contribution in [0.1, 0.15) is 88.5 Å². The van der Waals surface area contributed by atoms with E-state index in [1.54, 1.807) is 0 Å². The molecule has 43 heavy (non-hydrogen) atoms. The highest BCUT2D eigenvalue weighted by atomic mass is 16.3. The number of hydrogen-bond donors (Lipinski definition) is 3. The average molecular weight is 585 g/mol. The molecule has 0 saturated carbocycles. The van der Waals surface area contributed by atoms with Gasteiger partial charge in [-0.1, -0.05) is 141 Å². The lowest BCUT2D eigenvalue weighted by Crippen LogP contribution is -2.38. The summed E-state index contributed by atoms with van der Waals surface area (Å²) in [5.74, 6) is 0. The second-order valence-electron chi connectivity index (χ2n) is 13.7. The van der Waals surface area contributed by atoms with E-state index in [1.165, 1.54) is 22.3 Å². The quantitative estimate of drug-likeness (QED) is 0.224. The van der Waals surface area contributed by atoms with Crippen molar-refractivity contribution in [2.75, 3.05) is 0 Å². The SMILES string of the molecule is CC1=C(/C=C/C(C)=C/C=C/C(C)=C/C=C/C=C(C)/C=C/C=C(C)/C=C/C2=C(C)C(O)C(O)CC2(C)C)C(C)(C)CC(O)C1. The molecule has 2 aliphatic rings. The summed E-state index contributed by atoms with van der Waals surface area (Å²) in [6.45, 7) is 21.0. The van der Waals surface area contributed by atoms with Gasteiger partial charge >= 0.3 is 0 Å². The van der Waals surface area contributed by atoms with Gasteiger partial charge in [-0.25, -0.2) is 0 Å². The van der Waals surface area contributed by atoms with Gasteiger partial charge in [0.05, 0.1) is 12.2 Å². The average Bonchev–Trinajstić information content (AvgIpc) is 2.88. The molecule has 0 saturated heterocycles. The Morgan fingerprint density at radius 2 is 1.02 bits per heavy atom. The fraction of sp³-hybridized carbons (Fsp3) is 0.450. The minimum absolute atomic E-state index is 0.00247. The predicted octanol–water partition coefficient (Wildman–Crippen LogP) is 9.52. The normalized spacial score (nSPS) is 26.5. The lowest BCUT2D eigenvalue weighted by atomic mass is 9.70. The molecule has 3 unspecified atom stereocenters. The fourth-order valence-electron chi connectivity index (χ4n) is 6.03. The van der Waals surface area contributed by atoms with Crippen LogP contribution in [0, 0.1) is 10.8 Å². The fourth-order valence-corrected chi connectivity index (χ4v) is 6.03. The third kappa shape index (κ3) is 11.6. The van der Waals surface area contributed by atoms with E-state index in [1.807, 2.05) is 6.92 Å². The van der Waals surface area contributed by atoms with Gasteiger partial charge in [0, 0.05) is 0 Å². The van der Waals surface area contributed by atoms with Gasteiger partial charge in [-0.05, 0) is 88.4 Å². The molecule has 0 radical (unpaired) electrons. The van der Waals surface area contributed by atoms with Crippen molar-refractivity contribution in [3.63, 3.8) is 0 Å². The third-order valence-electron chi connectivity index (χ3n) is 8.45. The van der Waals surface area contributed by atoms with Gasteiger partial charge in [-0.3, -0.25) is 0 Å². The minimum atomic E-state index is -0.792. The minimum Gasteiger partial charge on any atom is -0.393 e. The Morgan fingerprint density at radius 3 is 1.51 bits per heavy atom. The maximum absolute atomic E-state index is 10.3. The molecule has 0 amide bonds. The van der Waals surface area contributed by atoms with Crippen LogP contribution in [-0.2, 0) is 0 Å². The lowest BCUT2D eigenvalue weighted by Gasteiger charge is -2.38. The monoisotopic (exact) mass is 584 g/mol. The molecule has 0 aromatic heterocycles. The van der Waals surface area contributed by atoms with Crippen molar-refractivity contribution in [1.82, 2.24) is 0 Å². The first kappa shape index (κ1) is 36.2. The van der Waals surface area contributed by atoms with Crippen LogP contribution in [0.2, 0.25) is 0 Å². The summed E-state index contributed by atoms with van der Waals surface area (Å²) in [6, 6.07) is 0. The summed E-state index contributed by atoms with van der Waals surface area (Å²) in [7, 11) is 0. The Kier molecular flexibility index (Phi) is 13.6. The molecular formula is C40H56O3. The number of rotatable bonds is 10. The summed E-state index contributed by atoms with van der Waals surface area (Å²) in [5, 5.41) is 30.5. The maximum atomic E-state index is 10.3. The highest BCUT2D eigenvalue weighted by molar-refractivity contribution is 5.40. The second-order valence-corrected chi connectivity index (χ2v) is 13.7. The molecule has 3 atom stereocenters. The molecule has 0 bridgehead atoms. The van der Waals surface area contributed by atoms with Gasteiger partial charge in [0.15, 0.2) is 0 Å². The zero-order valence-electron chi connectivity index (χ0n) is 28.3. The number of aliphatic hydroxyl groups excluding tert-OH is 3. The third-order valence-corrected chi connectivity index (χ3v) is 8.45. The summed E-state index contributed by atoms with van der Waals surface area (Å²) in [5.41, 5.74) is 9.02. The molecule has 0 aromatic carbocycles. The van der Waals surface area contributed by atoms with E-state index in [4.69, 9.17) is 0 Å². The molecule has 3 N–H and O–H groups in total. The molecule has 3 nitrogen and oxygen atoms in total. The zero-order chi connectivity index (χ0) is 32.4. The Labute approximate surface area is 262 Å². The van der Waals surface area contributed by atoms with Crippen LogP contribution in [-0.4, -0.2) is 33.6 Å². The van der Waals surface area contributed by atoms with Crippen molar-refractivity contribution in [2.45, 2.75) is 107 Å². The maximum Gasteiger partial charge on any atom is 0.101 e. The van der Waals surface area contributed by atoms with E-state index >= 15 is 0 Å². The van der Waals surface area contributed by atoms with Gasteiger partial charge in [-0.15, -0.1) is 0 Å². The van der Waals surface area contributed by atoms with Crippen LogP contribution in [0.5, 0.6) is 0 Å². The molecule has 0 spiro atoms. The predicted molar refractivity (Wildman–Crippen MR) is 186 cm³/mol. The molecular weight excluding hydrogens is 528 g/mol. The van der Waals surface area contributed by atoms with Crippen LogP contribution in [0.15, 0.2) is 130 Å². The summed E-state index contributed by atoms with van der Waals surface area (Å²) in [4.78, 5) is 0. The molecule has 0 heterocycles. The second kappa shape index (κ2) is 16.2. The Hall–Kier alpha value is -2.98. The Balaban J connectivity index is 1.92. The summed E-state index contributed by atoms with van der Waals surface area (Å²) >= 11 is 0. The van der Waals surface area contributed by atoms with Crippen molar-refractivity contribution in [1.29, 1.82) is 0 Å². The van der Waals surface area contributed by atoms with Crippen LogP contribution >= 0.6 is 0 Å². The molecule has 2 rings (SSSR count). The Morgan fingerprint density at radius 1 is 0.605 bits per heavy atom. The summed E-state index contributed by atoms with van der Waals surface area (Å²) < 4.78 is 0. The van der Waals surface area contributed by atoms with Crippen LogP contribution < -0.4 is 0 Å². The van der Waals surface area contributed by atoms with Crippen molar-refractivity contribution >= 4 is 0 Å². The molecule has 0 aliphatic heterocycles. The molecule has 3 heteroatoms. The van der Waals surface area contributed by atoms with Gasteiger partial charge in [0.25, 0.3) is 0 Å². The van der Waals surface area contributed by atoms with Gasteiger partial charge in [0.2, 0.25) is 0 Å². The lowest BCUT2D eigenvalue weighted by molar-refractivity contribution is 0.00686. The number of allylic oxidation sites excluding steroid dienone is 20. The first-order valence-electron chi connectivity index (χ1n) is 15.6. The first-order chi connectivity index (χ1) is 20.0. The molecule has 0 aromatic rings. The van der Waals surface area contributed by atoms with E-state index in [0.717, 1.165) is 35.1 Å². The van der Waals surface area contributed by atoms with Crippen molar-refractivity contribution in [3.05, 3.63) is 130 Å². The van der Waals surface area contributed by atoms with Crippen LogP contribution in [0.4, 0.5) is 0 Å². The van der Waals surface area contributed by atoms with Crippen LogP contribution in [0.3, 0.4) is 0 Å².